The van der Waals surface area contributed by atoms with Gasteiger partial charge in [0.2, 0.25) is 0 Å². The number of nitrogens with zero attached hydrogens (tertiary/aromatic N) is 3. The summed E-state index contributed by atoms with van der Waals surface area (Å²) in [6, 6.07) is 23.8. The lowest BCUT2D eigenvalue weighted by Crippen LogP contribution is -2.11. The highest BCUT2D eigenvalue weighted by Gasteiger charge is 2.15. The van der Waals surface area contributed by atoms with Crippen LogP contribution in [-0.2, 0) is 13.1 Å². The fourth-order valence-corrected chi connectivity index (χ4v) is 4.03. The third kappa shape index (κ3) is 5.62. The van der Waals surface area contributed by atoms with Gasteiger partial charge in [0.25, 0.3) is 0 Å². The summed E-state index contributed by atoms with van der Waals surface area (Å²) in [7, 11) is 0. The highest BCUT2D eigenvalue weighted by Crippen LogP contribution is 2.21. The zero-order valence-corrected chi connectivity index (χ0v) is 18.5. The summed E-state index contributed by atoms with van der Waals surface area (Å²) < 4.78 is 15.2. The number of aromatic nitrogens is 3. The Hall–Kier alpha value is -3.45. The van der Waals surface area contributed by atoms with Crippen molar-refractivity contribution in [2.75, 3.05) is 11.1 Å². The molecule has 1 aromatic heterocycles. The molecule has 3 aromatic carbocycles. The van der Waals surface area contributed by atoms with Gasteiger partial charge in [-0.15, -0.1) is 10.2 Å². The molecule has 0 saturated heterocycles. The second-order valence-corrected chi connectivity index (χ2v) is 8.35. The Bertz CT molecular complexity index is 1180. The van der Waals surface area contributed by atoms with Crippen LogP contribution in [0.4, 0.5) is 10.1 Å². The van der Waals surface area contributed by atoms with E-state index in [1.54, 1.807) is 12.1 Å². The van der Waals surface area contributed by atoms with Crippen LogP contribution < -0.4 is 5.32 Å². The number of anilines is 1. The summed E-state index contributed by atoms with van der Waals surface area (Å²) in [6.07, 6.45) is 0. The molecule has 162 valence electrons. The number of carbonyl (C=O) groups is 1. The standard InChI is InChI=1S/C25H23FN4OS/c1-18-7-9-20(10-8-18)23(31)17-32-25-29-28-24(15-27-22-13-11-21(26)12-14-22)30(25)16-19-5-3-2-4-6-19/h2-14,27H,15-17H2,1H3. The van der Waals surface area contributed by atoms with Crippen LogP contribution in [0.25, 0.3) is 0 Å². The normalized spacial score (nSPS) is 10.8. The Morgan fingerprint density at radius 1 is 0.969 bits per heavy atom. The van der Waals surface area contributed by atoms with Crippen LogP contribution in [0.1, 0.15) is 27.3 Å². The molecular weight excluding hydrogens is 423 g/mol. The van der Waals surface area contributed by atoms with Crippen molar-refractivity contribution in [3.63, 3.8) is 0 Å². The Balaban J connectivity index is 1.50. The molecule has 7 heteroatoms. The maximum Gasteiger partial charge on any atom is 0.192 e. The number of aryl methyl sites for hydroxylation is 1. The van der Waals surface area contributed by atoms with E-state index < -0.39 is 0 Å². The predicted octanol–water partition coefficient (Wildman–Crippen LogP) is 5.36. The van der Waals surface area contributed by atoms with E-state index >= 15 is 0 Å². The zero-order chi connectivity index (χ0) is 22.3. The monoisotopic (exact) mass is 446 g/mol. The van der Waals surface area contributed by atoms with E-state index in [2.05, 4.69) is 15.5 Å². The Morgan fingerprint density at radius 3 is 2.41 bits per heavy atom. The molecule has 0 aliphatic heterocycles. The molecule has 0 aliphatic carbocycles. The summed E-state index contributed by atoms with van der Waals surface area (Å²) in [4.78, 5) is 12.6. The van der Waals surface area contributed by atoms with Crippen molar-refractivity contribution in [2.45, 2.75) is 25.2 Å². The van der Waals surface area contributed by atoms with Crippen molar-refractivity contribution in [1.29, 1.82) is 0 Å². The van der Waals surface area contributed by atoms with Crippen molar-refractivity contribution < 1.29 is 9.18 Å². The average molecular weight is 447 g/mol. The summed E-state index contributed by atoms with van der Waals surface area (Å²) in [5.74, 6) is 0.792. The van der Waals surface area contributed by atoms with Crippen molar-refractivity contribution in [1.82, 2.24) is 14.8 Å². The molecule has 0 aliphatic rings. The molecule has 0 radical (unpaired) electrons. The first kappa shape index (κ1) is 21.8. The zero-order valence-electron chi connectivity index (χ0n) is 17.7. The molecule has 0 spiro atoms. The topological polar surface area (TPSA) is 59.8 Å². The van der Waals surface area contributed by atoms with Gasteiger partial charge in [-0.05, 0) is 36.8 Å². The van der Waals surface area contributed by atoms with Gasteiger partial charge in [0.15, 0.2) is 16.8 Å². The fourth-order valence-electron chi connectivity index (χ4n) is 3.18. The highest BCUT2D eigenvalue weighted by molar-refractivity contribution is 7.99. The fraction of sp³-hybridized carbons (Fsp3) is 0.160. The van der Waals surface area contributed by atoms with Crippen LogP contribution in [0.5, 0.6) is 0 Å². The number of carbonyl (C=O) groups excluding carboxylic acids is 1. The molecule has 0 unspecified atom stereocenters. The number of halogens is 1. The lowest BCUT2D eigenvalue weighted by Gasteiger charge is -2.11. The number of rotatable bonds is 9. The molecule has 4 rings (SSSR count). The molecule has 1 N–H and O–H groups in total. The number of hydrogen-bond donors (Lipinski definition) is 1. The van der Waals surface area contributed by atoms with Crippen LogP contribution in [0, 0.1) is 12.7 Å². The SMILES string of the molecule is Cc1ccc(C(=O)CSc2nnc(CNc3ccc(F)cc3)n2Cc2ccccc2)cc1. The maximum absolute atomic E-state index is 13.2. The maximum atomic E-state index is 13.2. The molecule has 0 atom stereocenters. The molecule has 32 heavy (non-hydrogen) atoms. The highest BCUT2D eigenvalue weighted by atomic mass is 32.2. The molecule has 1 heterocycles. The average Bonchev–Trinajstić information content (AvgIpc) is 3.19. The second-order valence-electron chi connectivity index (χ2n) is 7.41. The van der Waals surface area contributed by atoms with Crippen LogP contribution in [0.2, 0.25) is 0 Å². The van der Waals surface area contributed by atoms with Crippen LogP contribution in [-0.4, -0.2) is 26.3 Å². The molecule has 0 fully saturated rings. The van der Waals surface area contributed by atoms with Crippen molar-refractivity contribution in [2.24, 2.45) is 0 Å². The minimum atomic E-state index is -0.278. The Morgan fingerprint density at radius 2 is 1.69 bits per heavy atom. The van der Waals surface area contributed by atoms with Gasteiger partial charge in [-0.25, -0.2) is 4.39 Å². The lowest BCUT2D eigenvalue weighted by atomic mass is 10.1. The predicted molar refractivity (Wildman–Crippen MR) is 126 cm³/mol. The van der Waals surface area contributed by atoms with E-state index in [1.165, 1.54) is 23.9 Å². The van der Waals surface area contributed by atoms with Gasteiger partial charge < -0.3 is 9.88 Å². The van der Waals surface area contributed by atoms with Gasteiger partial charge in [-0.1, -0.05) is 71.9 Å². The molecule has 0 amide bonds. The van der Waals surface area contributed by atoms with Crippen LogP contribution in [0.3, 0.4) is 0 Å². The van der Waals surface area contributed by atoms with Gasteiger partial charge in [-0.3, -0.25) is 4.79 Å². The van der Waals surface area contributed by atoms with Gasteiger partial charge >= 0.3 is 0 Å². The van der Waals surface area contributed by atoms with E-state index in [0.717, 1.165) is 22.6 Å². The Kier molecular flexibility index (Phi) is 6.97. The van der Waals surface area contributed by atoms with E-state index in [4.69, 9.17) is 0 Å². The van der Waals surface area contributed by atoms with E-state index in [0.29, 0.717) is 23.8 Å². The number of hydrogen-bond acceptors (Lipinski definition) is 5. The Labute approximate surface area is 190 Å². The van der Waals surface area contributed by atoms with Crippen molar-refractivity contribution >= 4 is 23.2 Å². The molecule has 5 nitrogen and oxygen atoms in total. The van der Waals surface area contributed by atoms with E-state index in [1.807, 2.05) is 66.1 Å². The third-order valence-electron chi connectivity index (χ3n) is 4.98. The van der Waals surface area contributed by atoms with Crippen molar-refractivity contribution in [3.05, 3.63) is 107 Å². The van der Waals surface area contributed by atoms with Crippen molar-refractivity contribution in [3.8, 4) is 0 Å². The minimum absolute atomic E-state index is 0.0512. The van der Waals surface area contributed by atoms with Crippen LogP contribution in [0.15, 0.2) is 84.0 Å². The van der Waals surface area contributed by atoms with Gasteiger partial charge in [0.1, 0.15) is 5.82 Å². The summed E-state index contributed by atoms with van der Waals surface area (Å²) in [5, 5.41) is 12.6. The number of thioether (sulfide) groups is 1. The van der Waals surface area contributed by atoms with Crippen LogP contribution >= 0.6 is 11.8 Å². The lowest BCUT2D eigenvalue weighted by molar-refractivity contribution is 0.102. The first-order chi connectivity index (χ1) is 15.6. The molecule has 0 saturated carbocycles. The van der Waals surface area contributed by atoms with E-state index in [9.17, 15) is 9.18 Å². The number of Topliss-reactive ketones (excluding diaryl/α,β-unsaturated/α-hetero) is 1. The number of ketones is 1. The summed E-state index contributed by atoms with van der Waals surface area (Å²) >= 11 is 1.38. The molecule has 4 aromatic rings. The smallest absolute Gasteiger partial charge is 0.192 e. The number of nitrogens with one attached hydrogen (secondary N) is 1. The third-order valence-corrected chi connectivity index (χ3v) is 5.94. The van der Waals surface area contributed by atoms with Gasteiger partial charge in [0.05, 0.1) is 18.8 Å². The van der Waals surface area contributed by atoms with E-state index in [-0.39, 0.29) is 17.4 Å². The van der Waals surface area contributed by atoms with Gasteiger partial charge in [0, 0.05) is 11.3 Å². The minimum Gasteiger partial charge on any atom is -0.378 e. The summed E-state index contributed by atoms with van der Waals surface area (Å²) in [6.45, 7) is 3.02. The van der Waals surface area contributed by atoms with Gasteiger partial charge in [-0.2, -0.15) is 0 Å². The quantitative estimate of drug-likeness (QED) is 0.277. The first-order valence-corrected chi connectivity index (χ1v) is 11.2. The second kappa shape index (κ2) is 10.2. The summed E-state index contributed by atoms with van der Waals surface area (Å²) in [5.41, 5.74) is 3.72. The molecular formula is C25H23FN4OS. The largest absolute Gasteiger partial charge is 0.378 e. The molecule has 0 bridgehead atoms. The first-order valence-electron chi connectivity index (χ1n) is 10.3. The number of benzene rings is 3.